The first-order valence-electron chi connectivity index (χ1n) is 5.18. The molecule has 0 bridgehead atoms. The Labute approximate surface area is 99.8 Å². The molecule has 1 heterocycles. The molecule has 0 saturated carbocycles. The van der Waals surface area contributed by atoms with Crippen LogP contribution in [-0.2, 0) is 6.42 Å². The summed E-state index contributed by atoms with van der Waals surface area (Å²) in [6.07, 6.45) is 5.40. The molecule has 4 nitrogen and oxygen atoms in total. The lowest BCUT2D eigenvalue weighted by molar-refractivity contribution is 0.914. The van der Waals surface area contributed by atoms with Gasteiger partial charge in [0.15, 0.2) is 0 Å². The van der Waals surface area contributed by atoms with Crippen molar-refractivity contribution in [1.82, 2.24) is 14.8 Å². The van der Waals surface area contributed by atoms with Crippen molar-refractivity contribution in [2.75, 3.05) is 0 Å². The Kier molecular flexibility index (Phi) is 3.31. The van der Waals surface area contributed by atoms with Crippen LogP contribution in [0.15, 0.2) is 36.9 Å². The largest absolute Gasteiger partial charge is 0.223 e. The van der Waals surface area contributed by atoms with E-state index in [1.54, 1.807) is 6.08 Å². The molecule has 0 aliphatic carbocycles. The minimum Gasteiger partial charge on any atom is -0.223 e. The van der Waals surface area contributed by atoms with Crippen LogP contribution in [0.4, 0.5) is 0 Å². The molecule has 4 heteroatoms. The van der Waals surface area contributed by atoms with Crippen LogP contribution >= 0.6 is 0 Å². The van der Waals surface area contributed by atoms with Crippen molar-refractivity contribution in [2.45, 2.75) is 6.42 Å². The van der Waals surface area contributed by atoms with Crippen LogP contribution in [0.25, 0.3) is 11.8 Å². The Morgan fingerprint density at radius 2 is 2.41 bits per heavy atom. The SMILES string of the molecule is [CH2]Cc1cccc(/C=C(\C#N)n2cncn2)c1. The van der Waals surface area contributed by atoms with Gasteiger partial charge in [-0.15, -0.1) is 0 Å². The lowest BCUT2D eigenvalue weighted by atomic mass is 10.1. The number of rotatable bonds is 3. The second-order valence-electron chi connectivity index (χ2n) is 3.48. The fourth-order valence-corrected chi connectivity index (χ4v) is 1.48. The lowest BCUT2D eigenvalue weighted by Crippen LogP contribution is -1.95. The molecule has 2 rings (SSSR count). The molecule has 0 fully saturated rings. The summed E-state index contributed by atoms with van der Waals surface area (Å²) in [5.74, 6) is 0. The van der Waals surface area contributed by atoms with E-state index in [9.17, 15) is 0 Å². The van der Waals surface area contributed by atoms with Crippen LogP contribution in [0.2, 0.25) is 0 Å². The van der Waals surface area contributed by atoms with Crippen LogP contribution < -0.4 is 0 Å². The molecule has 17 heavy (non-hydrogen) atoms. The van der Waals surface area contributed by atoms with Gasteiger partial charge in [0.1, 0.15) is 24.4 Å². The summed E-state index contributed by atoms with van der Waals surface area (Å²) in [6, 6.07) is 9.99. The van der Waals surface area contributed by atoms with Gasteiger partial charge in [-0.2, -0.15) is 10.4 Å². The quantitative estimate of drug-likeness (QED) is 0.749. The van der Waals surface area contributed by atoms with Gasteiger partial charge in [0.05, 0.1) is 0 Å². The van der Waals surface area contributed by atoms with Gasteiger partial charge in [0, 0.05) is 0 Å². The molecule has 2 aromatic rings. The zero-order valence-electron chi connectivity index (χ0n) is 9.24. The molecule has 0 unspecified atom stereocenters. The van der Waals surface area contributed by atoms with Crippen molar-refractivity contribution in [3.05, 3.63) is 55.0 Å². The zero-order valence-corrected chi connectivity index (χ0v) is 9.24. The lowest BCUT2D eigenvalue weighted by Gasteiger charge is -2.00. The van der Waals surface area contributed by atoms with E-state index < -0.39 is 0 Å². The topological polar surface area (TPSA) is 54.5 Å². The highest BCUT2D eigenvalue weighted by Gasteiger charge is 2.00. The Morgan fingerprint density at radius 1 is 1.53 bits per heavy atom. The summed E-state index contributed by atoms with van der Waals surface area (Å²) in [5.41, 5.74) is 2.52. The summed E-state index contributed by atoms with van der Waals surface area (Å²) in [4.78, 5) is 3.82. The van der Waals surface area contributed by atoms with E-state index >= 15 is 0 Å². The average molecular weight is 223 g/mol. The molecular weight excluding hydrogens is 212 g/mol. The molecule has 0 saturated heterocycles. The monoisotopic (exact) mass is 223 g/mol. The number of aromatic nitrogens is 3. The van der Waals surface area contributed by atoms with E-state index in [0.29, 0.717) is 5.70 Å². The summed E-state index contributed by atoms with van der Waals surface area (Å²) < 4.78 is 1.44. The standard InChI is InChI=1S/C13H11N4/c1-2-11-4-3-5-12(6-11)7-13(8-14)17-10-15-9-16-17/h3-7,9-10H,1-2H2/b13-7+. The third kappa shape index (κ3) is 2.58. The van der Waals surface area contributed by atoms with Gasteiger partial charge < -0.3 is 0 Å². The van der Waals surface area contributed by atoms with Gasteiger partial charge in [-0.3, -0.25) is 0 Å². The van der Waals surface area contributed by atoms with Gasteiger partial charge in [-0.25, -0.2) is 9.67 Å². The summed E-state index contributed by atoms with van der Waals surface area (Å²) in [5, 5.41) is 13.0. The van der Waals surface area contributed by atoms with E-state index in [1.165, 1.54) is 17.3 Å². The molecule has 1 aromatic heterocycles. The molecule has 0 N–H and O–H groups in total. The predicted molar refractivity (Wildman–Crippen MR) is 65.3 cm³/mol. The summed E-state index contributed by atoms with van der Waals surface area (Å²) in [6.45, 7) is 3.83. The van der Waals surface area contributed by atoms with Gasteiger partial charge in [-0.1, -0.05) is 24.3 Å². The molecule has 1 aromatic carbocycles. The van der Waals surface area contributed by atoms with Crippen LogP contribution in [-0.4, -0.2) is 14.8 Å². The Bertz CT molecular complexity index is 561. The molecule has 0 aliphatic rings. The number of allylic oxidation sites excluding steroid dienone is 1. The molecule has 83 valence electrons. The van der Waals surface area contributed by atoms with Crippen molar-refractivity contribution in [2.24, 2.45) is 0 Å². The van der Waals surface area contributed by atoms with Crippen LogP contribution in [0.1, 0.15) is 11.1 Å². The number of hydrogen-bond donors (Lipinski definition) is 0. The maximum Gasteiger partial charge on any atom is 0.144 e. The van der Waals surface area contributed by atoms with Gasteiger partial charge in [0.25, 0.3) is 0 Å². The van der Waals surface area contributed by atoms with Crippen molar-refractivity contribution in [3.8, 4) is 6.07 Å². The highest BCUT2D eigenvalue weighted by atomic mass is 15.3. The first-order valence-corrected chi connectivity index (χ1v) is 5.18. The smallest absolute Gasteiger partial charge is 0.144 e. The van der Waals surface area contributed by atoms with Gasteiger partial charge in [-0.05, 0) is 30.5 Å². The van der Waals surface area contributed by atoms with E-state index in [-0.39, 0.29) is 0 Å². The van der Waals surface area contributed by atoms with E-state index in [2.05, 4.69) is 23.1 Å². The third-order valence-corrected chi connectivity index (χ3v) is 2.32. The first-order chi connectivity index (χ1) is 8.33. The predicted octanol–water partition coefficient (Wildman–Crippen LogP) is 2.18. The van der Waals surface area contributed by atoms with Gasteiger partial charge in [0.2, 0.25) is 0 Å². The van der Waals surface area contributed by atoms with Crippen LogP contribution in [0.5, 0.6) is 0 Å². The normalized spacial score (nSPS) is 11.2. The van der Waals surface area contributed by atoms with Crippen molar-refractivity contribution < 1.29 is 0 Å². The minimum atomic E-state index is 0.434. The Morgan fingerprint density at radius 3 is 3.06 bits per heavy atom. The minimum absolute atomic E-state index is 0.434. The average Bonchev–Trinajstić information content (AvgIpc) is 2.90. The molecule has 0 amide bonds. The van der Waals surface area contributed by atoms with Crippen LogP contribution in [0, 0.1) is 18.3 Å². The van der Waals surface area contributed by atoms with E-state index in [1.807, 2.05) is 24.3 Å². The summed E-state index contributed by atoms with van der Waals surface area (Å²) in [7, 11) is 0. The molecular formula is C13H11N4. The van der Waals surface area contributed by atoms with Crippen molar-refractivity contribution in [3.63, 3.8) is 0 Å². The maximum absolute atomic E-state index is 9.07. The highest BCUT2D eigenvalue weighted by Crippen LogP contribution is 2.12. The fraction of sp³-hybridized carbons (Fsp3) is 0.0769. The second kappa shape index (κ2) is 5.08. The zero-order chi connectivity index (χ0) is 12.1. The number of nitriles is 1. The molecule has 0 spiro atoms. The molecule has 0 aliphatic heterocycles. The number of hydrogen-bond acceptors (Lipinski definition) is 3. The summed E-state index contributed by atoms with van der Waals surface area (Å²) >= 11 is 0. The Balaban J connectivity index is 2.37. The Hall–Kier alpha value is -2.41. The van der Waals surface area contributed by atoms with E-state index in [0.717, 1.165) is 17.5 Å². The number of benzene rings is 1. The first kappa shape index (κ1) is 11.1. The van der Waals surface area contributed by atoms with Crippen molar-refractivity contribution >= 4 is 11.8 Å². The maximum atomic E-state index is 9.07. The molecule has 1 radical (unpaired) electrons. The van der Waals surface area contributed by atoms with Crippen LogP contribution in [0.3, 0.4) is 0 Å². The number of nitrogens with zero attached hydrogens (tertiary/aromatic N) is 4. The van der Waals surface area contributed by atoms with Gasteiger partial charge >= 0.3 is 0 Å². The second-order valence-corrected chi connectivity index (χ2v) is 3.48. The molecule has 0 atom stereocenters. The van der Waals surface area contributed by atoms with Crippen molar-refractivity contribution in [1.29, 1.82) is 5.26 Å². The highest BCUT2D eigenvalue weighted by molar-refractivity contribution is 5.78. The third-order valence-electron chi connectivity index (χ3n) is 2.32. The van der Waals surface area contributed by atoms with E-state index in [4.69, 9.17) is 5.26 Å². The fourth-order valence-electron chi connectivity index (χ4n) is 1.48.